The van der Waals surface area contributed by atoms with E-state index in [1.54, 1.807) is 0 Å². The minimum absolute atomic E-state index is 0.0179. The van der Waals surface area contributed by atoms with Gasteiger partial charge < -0.3 is 15.0 Å². The molecule has 4 saturated carbocycles. The minimum Gasteiger partial charge on any atom is -0.378 e. The van der Waals surface area contributed by atoms with E-state index in [-0.39, 0.29) is 5.41 Å². The predicted molar refractivity (Wildman–Crippen MR) is 92.2 cm³/mol. The molecule has 0 spiro atoms. The maximum atomic E-state index is 12.8. The van der Waals surface area contributed by atoms with Crippen LogP contribution in [0.1, 0.15) is 52.4 Å². The molecule has 1 N–H and O–H groups in total. The van der Waals surface area contributed by atoms with Gasteiger partial charge in [-0.3, -0.25) is 4.79 Å². The molecule has 0 unspecified atom stereocenters. The minimum atomic E-state index is -0.0179. The molecule has 4 aliphatic carbocycles. The summed E-state index contributed by atoms with van der Waals surface area (Å²) < 4.78 is 5.68. The van der Waals surface area contributed by atoms with Gasteiger partial charge in [0.2, 0.25) is 5.91 Å². The number of nitrogens with one attached hydrogen (secondary N) is 1. The van der Waals surface area contributed by atoms with Crippen LogP contribution in [0.25, 0.3) is 0 Å². The van der Waals surface area contributed by atoms with Crippen LogP contribution in [0.15, 0.2) is 0 Å². The molecule has 0 aromatic heterocycles. The summed E-state index contributed by atoms with van der Waals surface area (Å²) in [4.78, 5) is 15.1. The standard InChI is InChI=1S/C19H34N2O2/c1-3-21(4-2)6-8-23-7-5-20-18(22)19-12-15-9-16(13-19)11-17(10-15)14-19/h15-17H,3-14H2,1-2H3,(H,20,22). The molecule has 0 aromatic rings. The summed E-state index contributed by atoms with van der Waals surface area (Å²) in [6.45, 7) is 9.54. The summed E-state index contributed by atoms with van der Waals surface area (Å²) in [5.74, 6) is 2.82. The highest BCUT2D eigenvalue weighted by Gasteiger charge is 2.54. The lowest BCUT2D eigenvalue weighted by molar-refractivity contribution is -0.146. The number of carbonyl (C=O) groups is 1. The quantitative estimate of drug-likeness (QED) is 0.664. The molecular weight excluding hydrogens is 288 g/mol. The first-order valence-corrected chi connectivity index (χ1v) is 9.73. The Morgan fingerprint density at radius 3 is 2.13 bits per heavy atom. The lowest BCUT2D eigenvalue weighted by Gasteiger charge is -2.55. The maximum absolute atomic E-state index is 12.8. The molecule has 4 nitrogen and oxygen atoms in total. The molecule has 0 aromatic carbocycles. The molecule has 23 heavy (non-hydrogen) atoms. The monoisotopic (exact) mass is 322 g/mol. The van der Waals surface area contributed by atoms with Crippen LogP contribution in [0, 0.1) is 23.2 Å². The second-order valence-corrected chi connectivity index (χ2v) is 8.09. The second kappa shape index (κ2) is 7.52. The van der Waals surface area contributed by atoms with E-state index in [0.29, 0.717) is 19.1 Å². The molecule has 0 heterocycles. The van der Waals surface area contributed by atoms with Gasteiger partial charge in [-0.2, -0.15) is 0 Å². The van der Waals surface area contributed by atoms with Gasteiger partial charge in [0.25, 0.3) is 0 Å². The summed E-state index contributed by atoms with van der Waals surface area (Å²) in [5.41, 5.74) is -0.0179. The molecule has 4 heteroatoms. The number of carbonyl (C=O) groups excluding carboxylic acids is 1. The highest BCUT2D eigenvalue weighted by Crippen LogP contribution is 2.60. The third-order valence-electron chi connectivity index (χ3n) is 6.50. The van der Waals surface area contributed by atoms with Crippen molar-refractivity contribution < 1.29 is 9.53 Å². The van der Waals surface area contributed by atoms with E-state index in [1.165, 1.54) is 19.3 Å². The van der Waals surface area contributed by atoms with Crippen molar-refractivity contribution in [2.45, 2.75) is 52.4 Å². The van der Waals surface area contributed by atoms with Crippen molar-refractivity contribution in [3.05, 3.63) is 0 Å². The molecule has 4 fully saturated rings. The van der Waals surface area contributed by atoms with Gasteiger partial charge in [0, 0.05) is 18.5 Å². The Morgan fingerprint density at radius 2 is 1.61 bits per heavy atom. The van der Waals surface area contributed by atoms with Gasteiger partial charge in [-0.05, 0) is 69.4 Å². The fourth-order valence-corrected chi connectivity index (χ4v) is 5.65. The molecule has 4 aliphatic rings. The summed E-state index contributed by atoms with van der Waals surface area (Å²) in [5, 5.41) is 3.18. The van der Waals surface area contributed by atoms with Crippen LogP contribution in [0.3, 0.4) is 0 Å². The maximum Gasteiger partial charge on any atom is 0.226 e. The van der Waals surface area contributed by atoms with Crippen LogP contribution in [0.2, 0.25) is 0 Å². The van der Waals surface area contributed by atoms with Crippen molar-refractivity contribution in [1.29, 1.82) is 0 Å². The molecule has 4 bridgehead atoms. The third kappa shape index (κ3) is 3.90. The molecule has 0 radical (unpaired) electrons. The first-order valence-electron chi connectivity index (χ1n) is 9.73. The zero-order valence-corrected chi connectivity index (χ0v) is 15.0. The van der Waals surface area contributed by atoms with E-state index in [1.807, 2.05) is 0 Å². The fourth-order valence-electron chi connectivity index (χ4n) is 5.65. The lowest BCUT2D eigenvalue weighted by atomic mass is 9.49. The Bertz CT molecular complexity index is 371. The van der Waals surface area contributed by atoms with Crippen molar-refractivity contribution in [2.75, 3.05) is 39.4 Å². The Morgan fingerprint density at radius 1 is 1.04 bits per heavy atom. The van der Waals surface area contributed by atoms with E-state index >= 15 is 0 Å². The zero-order valence-electron chi connectivity index (χ0n) is 15.0. The molecule has 132 valence electrons. The van der Waals surface area contributed by atoms with E-state index in [0.717, 1.165) is 63.3 Å². The fraction of sp³-hybridized carbons (Fsp3) is 0.947. The van der Waals surface area contributed by atoms with Gasteiger partial charge in [0.05, 0.1) is 13.2 Å². The van der Waals surface area contributed by atoms with Gasteiger partial charge in [-0.1, -0.05) is 13.8 Å². The normalized spacial score (nSPS) is 35.0. The average Bonchev–Trinajstić information content (AvgIpc) is 2.53. The van der Waals surface area contributed by atoms with Gasteiger partial charge >= 0.3 is 0 Å². The molecule has 0 atom stereocenters. The van der Waals surface area contributed by atoms with Crippen LogP contribution in [-0.2, 0) is 9.53 Å². The van der Waals surface area contributed by atoms with Gasteiger partial charge in [0.15, 0.2) is 0 Å². The molecule has 1 amide bonds. The SMILES string of the molecule is CCN(CC)CCOCCNC(=O)C12CC3CC(CC(C3)C1)C2. The Hall–Kier alpha value is -0.610. The Labute approximate surface area is 141 Å². The lowest BCUT2D eigenvalue weighted by Crippen LogP contribution is -2.53. The van der Waals surface area contributed by atoms with Crippen LogP contribution in [0.5, 0.6) is 0 Å². The van der Waals surface area contributed by atoms with Crippen molar-refractivity contribution in [1.82, 2.24) is 10.2 Å². The van der Waals surface area contributed by atoms with Gasteiger partial charge in [0.1, 0.15) is 0 Å². The van der Waals surface area contributed by atoms with Crippen molar-refractivity contribution in [3.63, 3.8) is 0 Å². The summed E-state index contributed by atoms with van der Waals surface area (Å²) in [7, 11) is 0. The second-order valence-electron chi connectivity index (χ2n) is 8.09. The molecular formula is C19H34N2O2. The summed E-state index contributed by atoms with van der Waals surface area (Å²) in [6, 6.07) is 0. The number of nitrogens with zero attached hydrogens (tertiary/aromatic N) is 1. The van der Waals surface area contributed by atoms with Gasteiger partial charge in [-0.15, -0.1) is 0 Å². The average molecular weight is 322 g/mol. The number of hydrogen-bond acceptors (Lipinski definition) is 3. The molecule has 0 aliphatic heterocycles. The highest BCUT2D eigenvalue weighted by molar-refractivity contribution is 5.83. The zero-order chi connectivity index (χ0) is 16.3. The molecule has 4 rings (SSSR count). The van der Waals surface area contributed by atoms with Crippen molar-refractivity contribution >= 4 is 5.91 Å². The summed E-state index contributed by atoms with van der Waals surface area (Å²) in [6.07, 6.45) is 7.61. The Balaban J connectivity index is 1.35. The number of amides is 1. The number of ether oxygens (including phenoxy) is 1. The van der Waals surface area contributed by atoms with Crippen LogP contribution < -0.4 is 5.32 Å². The van der Waals surface area contributed by atoms with Gasteiger partial charge in [-0.25, -0.2) is 0 Å². The third-order valence-corrected chi connectivity index (χ3v) is 6.50. The van der Waals surface area contributed by atoms with E-state index in [2.05, 4.69) is 24.1 Å². The number of hydrogen-bond donors (Lipinski definition) is 1. The smallest absolute Gasteiger partial charge is 0.226 e. The van der Waals surface area contributed by atoms with Crippen molar-refractivity contribution in [3.8, 4) is 0 Å². The summed E-state index contributed by atoms with van der Waals surface area (Å²) >= 11 is 0. The Kier molecular flexibility index (Phi) is 5.63. The topological polar surface area (TPSA) is 41.6 Å². The largest absolute Gasteiger partial charge is 0.378 e. The predicted octanol–water partition coefficient (Wildman–Crippen LogP) is 2.68. The highest BCUT2D eigenvalue weighted by atomic mass is 16.5. The van der Waals surface area contributed by atoms with E-state index in [4.69, 9.17) is 4.74 Å². The van der Waals surface area contributed by atoms with Crippen molar-refractivity contribution in [2.24, 2.45) is 23.2 Å². The first-order chi connectivity index (χ1) is 11.1. The molecule has 0 saturated heterocycles. The van der Waals surface area contributed by atoms with E-state index < -0.39 is 0 Å². The number of rotatable bonds is 9. The van der Waals surface area contributed by atoms with Crippen LogP contribution >= 0.6 is 0 Å². The van der Waals surface area contributed by atoms with Crippen LogP contribution in [0.4, 0.5) is 0 Å². The number of likely N-dealkylation sites (N-methyl/N-ethyl adjacent to an activating group) is 1. The first kappa shape index (κ1) is 17.2. The van der Waals surface area contributed by atoms with Crippen LogP contribution in [-0.4, -0.2) is 50.2 Å². The van der Waals surface area contributed by atoms with E-state index in [9.17, 15) is 4.79 Å².